The molecule has 0 radical (unpaired) electrons. The molecule has 6 atom stereocenters. The number of rotatable bonds is 37. The van der Waals surface area contributed by atoms with Gasteiger partial charge in [0.1, 0.15) is 30.5 Å². The molecule has 0 saturated carbocycles. The van der Waals surface area contributed by atoms with E-state index in [-0.39, 0.29) is 19.2 Å². The van der Waals surface area contributed by atoms with Gasteiger partial charge >= 0.3 is 5.97 Å². The zero-order chi connectivity index (χ0) is 40.0. The zero-order valence-electron chi connectivity index (χ0n) is 34.9. The summed E-state index contributed by atoms with van der Waals surface area (Å²) < 4.78 is 22.8. The third-order valence-corrected chi connectivity index (χ3v) is 10.0. The first kappa shape index (κ1) is 51.2. The number of ether oxygens (including phenoxy) is 4. The van der Waals surface area contributed by atoms with Crippen molar-refractivity contribution in [1.82, 2.24) is 0 Å². The van der Waals surface area contributed by atoms with E-state index in [1.54, 1.807) is 0 Å². The maximum absolute atomic E-state index is 12.8. The third-order valence-electron chi connectivity index (χ3n) is 10.0. The molecule has 0 aromatic carbocycles. The monoisotopic (exact) mass is 779 g/mol. The minimum atomic E-state index is -1.54. The molecule has 0 aliphatic carbocycles. The molecule has 1 aliphatic heterocycles. The minimum absolute atomic E-state index is 0.119. The Morgan fingerprint density at radius 2 is 1.11 bits per heavy atom. The lowest BCUT2D eigenvalue weighted by atomic mass is 9.99. The van der Waals surface area contributed by atoms with Crippen LogP contribution in [-0.2, 0) is 23.7 Å². The Kier molecular flexibility index (Phi) is 35.1. The third kappa shape index (κ3) is 29.1. The minimum Gasteiger partial charge on any atom is -0.457 e. The van der Waals surface area contributed by atoms with Gasteiger partial charge in [-0.15, -0.1) is 0 Å². The fraction of sp³-hybridized carbons (Fsp3) is 0.804. The van der Waals surface area contributed by atoms with Crippen LogP contribution in [0, 0.1) is 0 Å². The van der Waals surface area contributed by atoms with Crippen molar-refractivity contribution in [2.75, 3.05) is 26.4 Å². The highest BCUT2D eigenvalue weighted by molar-refractivity contribution is 5.69. The molecule has 1 fully saturated rings. The number of hydrogen-bond donors (Lipinski definition) is 4. The van der Waals surface area contributed by atoms with Crippen LogP contribution >= 0.6 is 0 Å². The summed E-state index contributed by atoms with van der Waals surface area (Å²) >= 11 is 0. The molecule has 6 unspecified atom stereocenters. The van der Waals surface area contributed by atoms with Crippen molar-refractivity contribution in [2.45, 2.75) is 211 Å². The molecule has 0 aromatic rings. The van der Waals surface area contributed by atoms with Gasteiger partial charge in [-0.1, -0.05) is 165 Å². The number of carbonyl (C=O) groups is 1. The fourth-order valence-electron chi connectivity index (χ4n) is 6.54. The van der Waals surface area contributed by atoms with Crippen LogP contribution in [0.2, 0.25) is 0 Å². The summed E-state index contributed by atoms with van der Waals surface area (Å²) in [6, 6.07) is 0. The average Bonchev–Trinajstić information content (AvgIpc) is 3.18. The summed E-state index contributed by atoms with van der Waals surface area (Å²) in [5, 5.41) is 40.1. The van der Waals surface area contributed by atoms with E-state index in [9.17, 15) is 25.2 Å². The van der Waals surface area contributed by atoms with Crippen LogP contribution in [0.1, 0.15) is 174 Å². The van der Waals surface area contributed by atoms with E-state index >= 15 is 0 Å². The summed E-state index contributed by atoms with van der Waals surface area (Å²) in [5.74, 6) is -0.328. The maximum atomic E-state index is 12.8. The summed E-state index contributed by atoms with van der Waals surface area (Å²) in [6.07, 6.45) is 38.4. The van der Waals surface area contributed by atoms with Crippen LogP contribution < -0.4 is 0 Å². The van der Waals surface area contributed by atoms with Gasteiger partial charge in [-0.2, -0.15) is 0 Å². The molecule has 0 aromatic heterocycles. The first-order valence-corrected chi connectivity index (χ1v) is 22.2. The molecule has 1 aliphatic rings. The van der Waals surface area contributed by atoms with Crippen molar-refractivity contribution < 1.29 is 44.2 Å². The Morgan fingerprint density at radius 3 is 1.67 bits per heavy atom. The summed E-state index contributed by atoms with van der Waals surface area (Å²) in [5.41, 5.74) is 0. The van der Waals surface area contributed by atoms with E-state index in [1.807, 2.05) is 0 Å². The van der Waals surface area contributed by atoms with Gasteiger partial charge in [0, 0.05) is 13.0 Å². The van der Waals surface area contributed by atoms with E-state index in [0.29, 0.717) is 13.0 Å². The van der Waals surface area contributed by atoms with Gasteiger partial charge in [-0.25, -0.2) is 0 Å². The smallest absolute Gasteiger partial charge is 0.306 e. The Labute approximate surface area is 335 Å². The van der Waals surface area contributed by atoms with Crippen molar-refractivity contribution in [2.24, 2.45) is 0 Å². The number of unbranched alkanes of at least 4 members (excludes halogenated alkanes) is 18. The summed E-state index contributed by atoms with van der Waals surface area (Å²) in [4.78, 5) is 12.8. The van der Waals surface area contributed by atoms with Crippen molar-refractivity contribution in [1.29, 1.82) is 0 Å². The first-order chi connectivity index (χ1) is 26.9. The normalized spacial score (nSPS) is 21.2. The second kappa shape index (κ2) is 37.7. The number of hydrogen-bond acceptors (Lipinski definition) is 9. The highest BCUT2D eigenvalue weighted by atomic mass is 16.7. The molecule has 0 bridgehead atoms. The van der Waals surface area contributed by atoms with Gasteiger partial charge in [-0.3, -0.25) is 4.79 Å². The van der Waals surface area contributed by atoms with Gasteiger partial charge in [-0.05, 0) is 51.4 Å². The molecule has 55 heavy (non-hydrogen) atoms. The molecule has 4 N–H and O–H groups in total. The lowest BCUT2D eigenvalue weighted by Crippen LogP contribution is -2.59. The van der Waals surface area contributed by atoms with Crippen LogP contribution in [0.25, 0.3) is 0 Å². The second-order valence-electron chi connectivity index (χ2n) is 15.1. The predicted octanol–water partition coefficient (Wildman–Crippen LogP) is 9.75. The molecule has 320 valence electrons. The topological polar surface area (TPSA) is 135 Å². The molecule has 0 amide bonds. The standard InChI is InChI=1S/C46H82O9/c1-3-5-7-9-11-13-15-17-18-19-20-21-22-23-25-27-29-31-33-35-42(48)54-40(39-53-46-45(51)44(50)43(49)41(37-47)55-46)38-52-36-34-32-30-28-26-24-16-14-12-10-8-6-4-2/h5,7,11,13,17-18,20-21,40-41,43-47,49-51H,3-4,6,8-10,12,14-16,19,22-39H2,1-2H3/b7-5-,13-11-,18-17-,21-20-. The molecule has 9 heteroatoms. The Morgan fingerprint density at radius 1 is 0.600 bits per heavy atom. The zero-order valence-corrected chi connectivity index (χ0v) is 34.9. The quantitative estimate of drug-likeness (QED) is 0.0276. The van der Waals surface area contributed by atoms with Crippen molar-refractivity contribution in [3.05, 3.63) is 48.6 Å². The lowest BCUT2D eigenvalue weighted by Gasteiger charge is -2.39. The van der Waals surface area contributed by atoms with E-state index in [2.05, 4.69) is 62.5 Å². The molecule has 0 spiro atoms. The average molecular weight is 779 g/mol. The van der Waals surface area contributed by atoms with Gasteiger partial charge in [0.15, 0.2) is 6.29 Å². The molecular formula is C46H82O9. The highest BCUT2D eigenvalue weighted by Gasteiger charge is 2.44. The number of esters is 1. The van der Waals surface area contributed by atoms with E-state index < -0.39 is 43.4 Å². The second-order valence-corrected chi connectivity index (χ2v) is 15.1. The van der Waals surface area contributed by atoms with E-state index in [0.717, 1.165) is 70.6 Å². The largest absolute Gasteiger partial charge is 0.457 e. The SMILES string of the molecule is CC/C=C\C/C=C\C/C=C\C/C=C\CCCCCCCCC(=O)OC(COCCCCCCCCCCCCCCC)COC1OC(CO)C(O)C(O)C1O. The number of aliphatic hydroxyl groups excluding tert-OH is 4. The van der Waals surface area contributed by atoms with Crippen molar-refractivity contribution in [3.8, 4) is 0 Å². The summed E-state index contributed by atoms with van der Waals surface area (Å²) in [6.45, 7) is 4.43. The van der Waals surface area contributed by atoms with Crippen molar-refractivity contribution >= 4 is 5.97 Å². The molecule has 1 heterocycles. The Hall–Kier alpha value is -1.85. The van der Waals surface area contributed by atoms with Crippen LogP contribution in [0.3, 0.4) is 0 Å². The number of aliphatic hydroxyl groups is 4. The highest BCUT2D eigenvalue weighted by Crippen LogP contribution is 2.22. The van der Waals surface area contributed by atoms with Crippen molar-refractivity contribution in [3.63, 3.8) is 0 Å². The summed E-state index contributed by atoms with van der Waals surface area (Å²) in [7, 11) is 0. The van der Waals surface area contributed by atoms with Crippen LogP contribution in [0.15, 0.2) is 48.6 Å². The van der Waals surface area contributed by atoms with Gasteiger partial charge < -0.3 is 39.4 Å². The number of allylic oxidation sites excluding steroid dienone is 8. The van der Waals surface area contributed by atoms with Gasteiger partial charge in [0.25, 0.3) is 0 Å². The molecule has 9 nitrogen and oxygen atoms in total. The van der Waals surface area contributed by atoms with E-state index in [4.69, 9.17) is 18.9 Å². The van der Waals surface area contributed by atoms with Crippen LogP contribution in [0.5, 0.6) is 0 Å². The molecule has 1 saturated heterocycles. The fourth-order valence-corrected chi connectivity index (χ4v) is 6.54. The van der Waals surface area contributed by atoms with Crippen LogP contribution in [0.4, 0.5) is 0 Å². The molecule has 1 rings (SSSR count). The Balaban J connectivity index is 2.28. The predicted molar refractivity (Wildman–Crippen MR) is 224 cm³/mol. The van der Waals surface area contributed by atoms with E-state index in [1.165, 1.54) is 83.5 Å². The molecular weight excluding hydrogens is 696 g/mol. The Bertz CT molecular complexity index is 978. The lowest BCUT2D eigenvalue weighted by molar-refractivity contribution is -0.305. The van der Waals surface area contributed by atoms with Gasteiger partial charge in [0.05, 0.1) is 19.8 Å². The first-order valence-electron chi connectivity index (χ1n) is 22.2. The maximum Gasteiger partial charge on any atom is 0.306 e. The van der Waals surface area contributed by atoms with Gasteiger partial charge in [0.2, 0.25) is 0 Å². The number of carbonyl (C=O) groups excluding carboxylic acids is 1. The van der Waals surface area contributed by atoms with Crippen LogP contribution in [-0.4, -0.2) is 89.6 Å².